The molecule has 0 radical (unpaired) electrons. The van der Waals surface area contributed by atoms with Crippen LogP contribution in [-0.4, -0.2) is 36.3 Å². The number of rotatable bonds is 5. The minimum atomic E-state index is -0.0854. The number of hydrogen-bond donors (Lipinski definition) is 1. The SMILES string of the molecule is CCCCCCN1C(=O)CNCC1=O. The Morgan fingerprint density at radius 1 is 1.14 bits per heavy atom. The van der Waals surface area contributed by atoms with E-state index >= 15 is 0 Å². The van der Waals surface area contributed by atoms with E-state index in [2.05, 4.69) is 12.2 Å². The lowest BCUT2D eigenvalue weighted by Gasteiger charge is -2.25. The normalized spacial score (nSPS) is 17.6. The zero-order chi connectivity index (χ0) is 10.4. The maximum Gasteiger partial charge on any atom is 0.243 e. The summed E-state index contributed by atoms with van der Waals surface area (Å²) in [7, 11) is 0. The minimum Gasteiger partial charge on any atom is -0.300 e. The van der Waals surface area contributed by atoms with E-state index in [0.717, 1.165) is 12.8 Å². The molecule has 80 valence electrons. The van der Waals surface area contributed by atoms with Crippen LogP contribution in [0.25, 0.3) is 0 Å². The van der Waals surface area contributed by atoms with Crippen LogP contribution in [0.1, 0.15) is 32.6 Å². The van der Waals surface area contributed by atoms with Crippen molar-refractivity contribution in [3.05, 3.63) is 0 Å². The van der Waals surface area contributed by atoms with Crippen molar-refractivity contribution in [2.75, 3.05) is 19.6 Å². The molecule has 1 N–H and O–H groups in total. The van der Waals surface area contributed by atoms with Gasteiger partial charge in [0.25, 0.3) is 0 Å². The van der Waals surface area contributed by atoms with Crippen molar-refractivity contribution < 1.29 is 9.59 Å². The van der Waals surface area contributed by atoms with Gasteiger partial charge in [-0.1, -0.05) is 26.2 Å². The highest BCUT2D eigenvalue weighted by molar-refractivity contribution is 5.99. The van der Waals surface area contributed by atoms with Crippen LogP contribution in [0.4, 0.5) is 0 Å². The summed E-state index contributed by atoms with van der Waals surface area (Å²) in [6, 6.07) is 0. The van der Waals surface area contributed by atoms with Gasteiger partial charge in [0.2, 0.25) is 11.8 Å². The molecule has 0 aromatic rings. The van der Waals surface area contributed by atoms with E-state index in [-0.39, 0.29) is 11.8 Å². The highest BCUT2D eigenvalue weighted by Gasteiger charge is 2.24. The lowest BCUT2D eigenvalue weighted by Crippen LogP contribution is -2.52. The summed E-state index contributed by atoms with van der Waals surface area (Å²) in [5.41, 5.74) is 0. The first-order chi connectivity index (χ1) is 6.75. The third kappa shape index (κ3) is 3.10. The largest absolute Gasteiger partial charge is 0.300 e. The van der Waals surface area contributed by atoms with Crippen LogP contribution in [0.3, 0.4) is 0 Å². The number of carbonyl (C=O) groups is 2. The van der Waals surface area contributed by atoms with Gasteiger partial charge in [-0.15, -0.1) is 0 Å². The maximum absolute atomic E-state index is 11.3. The molecule has 0 aliphatic carbocycles. The van der Waals surface area contributed by atoms with E-state index in [4.69, 9.17) is 0 Å². The molecule has 1 aliphatic heterocycles. The number of imide groups is 1. The predicted molar refractivity (Wildman–Crippen MR) is 53.7 cm³/mol. The summed E-state index contributed by atoms with van der Waals surface area (Å²) in [5.74, 6) is -0.171. The zero-order valence-corrected chi connectivity index (χ0v) is 8.71. The number of unbranched alkanes of at least 4 members (excludes halogenated alkanes) is 3. The molecule has 14 heavy (non-hydrogen) atoms. The van der Waals surface area contributed by atoms with Crippen LogP contribution in [-0.2, 0) is 9.59 Å². The average molecular weight is 198 g/mol. The minimum absolute atomic E-state index is 0.0854. The van der Waals surface area contributed by atoms with Crippen LogP contribution in [0.2, 0.25) is 0 Å². The fourth-order valence-electron chi connectivity index (χ4n) is 1.55. The topological polar surface area (TPSA) is 49.4 Å². The molecule has 1 heterocycles. The lowest BCUT2D eigenvalue weighted by atomic mass is 10.2. The smallest absolute Gasteiger partial charge is 0.243 e. The van der Waals surface area contributed by atoms with Crippen molar-refractivity contribution in [1.82, 2.24) is 10.2 Å². The Morgan fingerprint density at radius 3 is 2.36 bits per heavy atom. The van der Waals surface area contributed by atoms with Gasteiger partial charge in [-0.3, -0.25) is 19.8 Å². The monoisotopic (exact) mass is 198 g/mol. The van der Waals surface area contributed by atoms with Crippen molar-refractivity contribution >= 4 is 11.8 Å². The summed E-state index contributed by atoms with van der Waals surface area (Å²) in [6.45, 7) is 3.35. The van der Waals surface area contributed by atoms with Gasteiger partial charge >= 0.3 is 0 Å². The van der Waals surface area contributed by atoms with Crippen molar-refractivity contribution in [1.29, 1.82) is 0 Å². The molecule has 4 heteroatoms. The van der Waals surface area contributed by atoms with Crippen LogP contribution in [0, 0.1) is 0 Å². The molecule has 1 aliphatic rings. The Bertz CT molecular complexity index is 200. The molecular formula is C10H18N2O2. The fraction of sp³-hybridized carbons (Fsp3) is 0.800. The molecule has 0 aromatic heterocycles. The highest BCUT2D eigenvalue weighted by atomic mass is 16.2. The molecule has 0 bridgehead atoms. The van der Waals surface area contributed by atoms with E-state index in [1.165, 1.54) is 17.7 Å². The van der Waals surface area contributed by atoms with Gasteiger partial charge in [0.1, 0.15) is 0 Å². The van der Waals surface area contributed by atoms with E-state index in [9.17, 15) is 9.59 Å². The molecule has 0 atom stereocenters. The van der Waals surface area contributed by atoms with Crippen molar-refractivity contribution in [3.8, 4) is 0 Å². The zero-order valence-electron chi connectivity index (χ0n) is 8.71. The summed E-state index contributed by atoms with van der Waals surface area (Å²) in [4.78, 5) is 24.0. The van der Waals surface area contributed by atoms with Gasteiger partial charge in [-0.25, -0.2) is 0 Å². The van der Waals surface area contributed by atoms with Crippen LogP contribution in [0.5, 0.6) is 0 Å². The number of hydrogen-bond acceptors (Lipinski definition) is 3. The molecule has 0 unspecified atom stereocenters. The molecule has 0 spiro atoms. The summed E-state index contributed by atoms with van der Waals surface area (Å²) < 4.78 is 0. The van der Waals surface area contributed by atoms with Gasteiger partial charge in [0.05, 0.1) is 13.1 Å². The lowest BCUT2D eigenvalue weighted by molar-refractivity contribution is -0.146. The second-order valence-electron chi connectivity index (χ2n) is 3.60. The van der Waals surface area contributed by atoms with Gasteiger partial charge in [0.15, 0.2) is 0 Å². The molecule has 1 saturated heterocycles. The standard InChI is InChI=1S/C10H18N2O2/c1-2-3-4-5-6-12-9(13)7-11-8-10(12)14/h11H,2-8H2,1H3. The molecule has 4 nitrogen and oxygen atoms in total. The molecule has 1 rings (SSSR count). The second-order valence-corrected chi connectivity index (χ2v) is 3.60. The Morgan fingerprint density at radius 2 is 1.79 bits per heavy atom. The van der Waals surface area contributed by atoms with Gasteiger partial charge in [-0.05, 0) is 6.42 Å². The molecule has 0 aromatic carbocycles. The molecule has 1 fully saturated rings. The first-order valence-electron chi connectivity index (χ1n) is 5.29. The third-order valence-corrected chi connectivity index (χ3v) is 2.39. The van der Waals surface area contributed by atoms with Crippen molar-refractivity contribution in [2.45, 2.75) is 32.6 Å². The van der Waals surface area contributed by atoms with E-state index in [0.29, 0.717) is 19.6 Å². The average Bonchev–Trinajstić information content (AvgIpc) is 2.16. The van der Waals surface area contributed by atoms with Crippen LogP contribution >= 0.6 is 0 Å². The number of amides is 2. The summed E-state index contributed by atoms with van der Waals surface area (Å²) in [5, 5.41) is 2.78. The number of nitrogens with zero attached hydrogens (tertiary/aromatic N) is 1. The third-order valence-electron chi connectivity index (χ3n) is 2.39. The number of piperazine rings is 1. The van der Waals surface area contributed by atoms with E-state index < -0.39 is 0 Å². The fourth-order valence-corrected chi connectivity index (χ4v) is 1.55. The number of nitrogens with one attached hydrogen (secondary N) is 1. The Balaban J connectivity index is 2.26. The van der Waals surface area contributed by atoms with E-state index in [1.54, 1.807) is 0 Å². The van der Waals surface area contributed by atoms with Gasteiger partial charge < -0.3 is 0 Å². The summed E-state index contributed by atoms with van der Waals surface area (Å²) in [6.07, 6.45) is 4.38. The quantitative estimate of drug-likeness (QED) is 0.517. The maximum atomic E-state index is 11.3. The Labute approximate surface area is 84.7 Å². The van der Waals surface area contributed by atoms with Gasteiger partial charge in [-0.2, -0.15) is 0 Å². The van der Waals surface area contributed by atoms with Gasteiger partial charge in [0, 0.05) is 6.54 Å². The first-order valence-corrected chi connectivity index (χ1v) is 5.29. The Kier molecular flexibility index (Phi) is 4.59. The predicted octanol–water partition coefficient (Wildman–Crippen LogP) is 0.525. The molecular weight excluding hydrogens is 180 g/mol. The summed E-state index contributed by atoms with van der Waals surface area (Å²) >= 11 is 0. The van der Waals surface area contributed by atoms with Crippen molar-refractivity contribution in [3.63, 3.8) is 0 Å². The molecule has 0 saturated carbocycles. The Hall–Kier alpha value is -0.900. The van der Waals surface area contributed by atoms with E-state index in [1.807, 2.05) is 0 Å². The van der Waals surface area contributed by atoms with Crippen LogP contribution in [0.15, 0.2) is 0 Å². The second kappa shape index (κ2) is 5.75. The number of carbonyl (C=O) groups excluding carboxylic acids is 2. The van der Waals surface area contributed by atoms with Crippen LogP contribution < -0.4 is 5.32 Å². The molecule has 2 amide bonds. The highest BCUT2D eigenvalue weighted by Crippen LogP contribution is 2.03. The van der Waals surface area contributed by atoms with Crippen molar-refractivity contribution in [2.24, 2.45) is 0 Å². The first kappa shape index (κ1) is 11.2.